The molecule has 0 radical (unpaired) electrons. The Balaban J connectivity index is 1.86. The maximum Gasteiger partial charge on any atom is 0.220 e. The van der Waals surface area contributed by atoms with E-state index in [4.69, 9.17) is 18.9 Å². The average molecular weight is 968 g/mol. The average Bonchev–Trinajstić information content (AvgIpc) is 3.34. The van der Waals surface area contributed by atoms with E-state index in [2.05, 4.69) is 55.6 Å². The number of carbonyl (C=O) groups is 1. The van der Waals surface area contributed by atoms with Crippen molar-refractivity contribution >= 4 is 5.91 Å². The number of allylic oxidation sites excluding steroid dienone is 7. The van der Waals surface area contributed by atoms with Gasteiger partial charge in [-0.1, -0.05) is 172 Å². The molecule has 0 aliphatic carbocycles. The van der Waals surface area contributed by atoms with E-state index in [-0.39, 0.29) is 18.9 Å². The van der Waals surface area contributed by atoms with E-state index in [1.807, 2.05) is 6.08 Å². The highest BCUT2D eigenvalue weighted by atomic mass is 16.7. The Labute approximate surface area is 410 Å². The molecule has 396 valence electrons. The number of nitrogens with one attached hydrogen (secondary N) is 1. The van der Waals surface area contributed by atoms with Gasteiger partial charge in [-0.25, -0.2) is 0 Å². The maximum absolute atomic E-state index is 13.2. The second kappa shape index (κ2) is 40.5. The zero-order chi connectivity index (χ0) is 49.6. The maximum atomic E-state index is 13.2. The summed E-state index contributed by atoms with van der Waals surface area (Å²) in [6, 6.07) is -0.939. The monoisotopic (exact) mass is 968 g/mol. The van der Waals surface area contributed by atoms with Crippen LogP contribution in [0.3, 0.4) is 0 Å². The Morgan fingerprint density at radius 3 is 1.54 bits per heavy atom. The fourth-order valence-corrected chi connectivity index (χ4v) is 8.57. The van der Waals surface area contributed by atoms with Gasteiger partial charge in [0.1, 0.15) is 48.8 Å². The SMILES string of the molecule is CCCCCC/C=C\C/C=C\CCCCCCCC(=O)NC(COC1OC(CO)C(OC2OC(CO)C(O)C(O)C2O)C(O)C1O)C(O)/C=C/CC/C=C/CCCCCCCCCCCCCC. The van der Waals surface area contributed by atoms with Crippen molar-refractivity contribution in [2.45, 2.75) is 267 Å². The normalized spacial score (nSPS) is 26.7. The minimum absolute atomic E-state index is 0.256. The van der Waals surface area contributed by atoms with Crippen LogP contribution in [-0.4, -0.2) is 140 Å². The summed E-state index contributed by atoms with van der Waals surface area (Å²) in [5, 5.41) is 86.8. The van der Waals surface area contributed by atoms with Crippen LogP contribution in [0.25, 0.3) is 0 Å². The first-order chi connectivity index (χ1) is 33.1. The smallest absolute Gasteiger partial charge is 0.220 e. The highest BCUT2D eigenvalue weighted by Gasteiger charge is 2.51. The first kappa shape index (κ1) is 62.1. The van der Waals surface area contributed by atoms with Crippen LogP contribution < -0.4 is 5.32 Å². The number of amides is 1. The molecule has 14 nitrogen and oxygen atoms in total. The van der Waals surface area contributed by atoms with Crippen molar-refractivity contribution < 1.29 is 64.6 Å². The Morgan fingerprint density at radius 1 is 0.529 bits per heavy atom. The Morgan fingerprint density at radius 2 is 0.985 bits per heavy atom. The molecule has 68 heavy (non-hydrogen) atoms. The van der Waals surface area contributed by atoms with Crippen molar-refractivity contribution in [1.82, 2.24) is 5.32 Å². The lowest BCUT2D eigenvalue weighted by Gasteiger charge is -2.46. The summed E-state index contributed by atoms with van der Waals surface area (Å²) in [7, 11) is 0. The zero-order valence-electron chi connectivity index (χ0n) is 42.1. The molecule has 2 aliphatic heterocycles. The summed E-state index contributed by atoms with van der Waals surface area (Å²) in [5.74, 6) is -0.264. The summed E-state index contributed by atoms with van der Waals surface area (Å²) in [6.07, 6.45) is 31.5. The third kappa shape index (κ3) is 27.0. The molecular formula is C54H97NO13. The van der Waals surface area contributed by atoms with Gasteiger partial charge in [-0.3, -0.25) is 4.79 Å². The molecule has 0 bridgehead atoms. The van der Waals surface area contributed by atoms with Gasteiger partial charge in [-0.2, -0.15) is 0 Å². The lowest BCUT2D eigenvalue weighted by atomic mass is 9.97. The number of hydrogen-bond acceptors (Lipinski definition) is 13. The Bertz CT molecular complexity index is 1330. The van der Waals surface area contributed by atoms with Crippen LogP contribution in [0.2, 0.25) is 0 Å². The summed E-state index contributed by atoms with van der Waals surface area (Å²) in [4.78, 5) is 13.2. The lowest BCUT2D eigenvalue weighted by Crippen LogP contribution is -2.65. The molecule has 12 atom stereocenters. The third-order valence-corrected chi connectivity index (χ3v) is 13.0. The quantitative estimate of drug-likeness (QED) is 0.0212. The first-order valence-corrected chi connectivity index (χ1v) is 26.9. The molecule has 2 rings (SSSR count). The Hall–Kier alpha value is -2.05. The molecule has 0 saturated carbocycles. The largest absolute Gasteiger partial charge is 0.394 e. The summed E-state index contributed by atoms with van der Waals surface area (Å²) in [6.45, 7) is 2.74. The van der Waals surface area contributed by atoms with E-state index in [9.17, 15) is 45.6 Å². The van der Waals surface area contributed by atoms with Crippen molar-refractivity contribution in [3.8, 4) is 0 Å². The van der Waals surface area contributed by atoms with Crippen LogP contribution in [0.1, 0.15) is 194 Å². The zero-order valence-corrected chi connectivity index (χ0v) is 42.1. The van der Waals surface area contributed by atoms with Gasteiger partial charge < -0.3 is 65.1 Å². The number of carbonyl (C=O) groups excluding carboxylic acids is 1. The number of ether oxygens (including phenoxy) is 4. The predicted octanol–water partition coefficient (Wildman–Crippen LogP) is 7.66. The van der Waals surface area contributed by atoms with E-state index in [1.54, 1.807) is 6.08 Å². The molecule has 0 aromatic carbocycles. The molecule has 1 amide bonds. The van der Waals surface area contributed by atoms with Gasteiger partial charge in [0.05, 0.1) is 32.0 Å². The first-order valence-electron chi connectivity index (χ1n) is 26.9. The topological polar surface area (TPSA) is 228 Å². The molecule has 2 aliphatic rings. The van der Waals surface area contributed by atoms with E-state index in [1.165, 1.54) is 103 Å². The minimum atomic E-state index is -1.79. The standard InChI is InChI=1S/C54H97NO13/c1-3-5-7-9-11-13-15-17-19-21-22-23-25-27-29-31-33-35-37-43(58)42(55-46(59)38-36-34-32-30-28-26-24-20-18-16-14-12-10-8-6-4-2)41-65-53-51(64)49(62)52(45(40-57)67-53)68-54-50(63)48(61)47(60)44(39-56)66-54/h14,16,20,24,27,29,35,37,42-45,47-54,56-58,60-64H,3-13,15,17-19,21-23,25-26,28,30-34,36,38-41H2,1-2H3,(H,55,59)/b16-14-,24-20-,29-27+,37-35+. The van der Waals surface area contributed by atoms with Gasteiger partial charge in [0, 0.05) is 6.42 Å². The summed E-state index contributed by atoms with van der Waals surface area (Å²) in [5.41, 5.74) is 0. The molecule has 9 N–H and O–H groups in total. The number of unbranched alkanes of at least 4 members (excludes halogenated alkanes) is 22. The number of hydrogen-bond donors (Lipinski definition) is 9. The molecule has 0 aromatic heterocycles. The lowest BCUT2D eigenvalue weighted by molar-refractivity contribution is -0.359. The molecule has 2 heterocycles. The number of aliphatic hydroxyl groups is 8. The van der Waals surface area contributed by atoms with Crippen LogP contribution in [0.4, 0.5) is 0 Å². The molecule has 0 aromatic rings. The fraction of sp³-hybridized carbons (Fsp3) is 0.833. The van der Waals surface area contributed by atoms with Gasteiger partial charge in [0.25, 0.3) is 0 Å². The van der Waals surface area contributed by atoms with Crippen molar-refractivity contribution in [3.63, 3.8) is 0 Å². The fourth-order valence-electron chi connectivity index (χ4n) is 8.57. The molecular weight excluding hydrogens is 871 g/mol. The minimum Gasteiger partial charge on any atom is -0.394 e. The van der Waals surface area contributed by atoms with E-state index in [0.29, 0.717) is 12.8 Å². The van der Waals surface area contributed by atoms with E-state index in [0.717, 1.165) is 57.8 Å². The highest BCUT2D eigenvalue weighted by molar-refractivity contribution is 5.76. The van der Waals surface area contributed by atoms with Gasteiger partial charge in [-0.15, -0.1) is 0 Å². The molecule has 2 saturated heterocycles. The summed E-state index contributed by atoms with van der Waals surface area (Å²) < 4.78 is 22.7. The highest BCUT2D eigenvalue weighted by Crippen LogP contribution is 2.30. The van der Waals surface area contributed by atoms with Gasteiger partial charge in [0.15, 0.2) is 12.6 Å². The van der Waals surface area contributed by atoms with Crippen LogP contribution in [0.15, 0.2) is 48.6 Å². The van der Waals surface area contributed by atoms with Crippen LogP contribution in [-0.2, 0) is 23.7 Å². The second-order valence-corrected chi connectivity index (χ2v) is 19.0. The van der Waals surface area contributed by atoms with Crippen LogP contribution in [0, 0.1) is 0 Å². The molecule has 0 spiro atoms. The van der Waals surface area contributed by atoms with Gasteiger partial charge in [-0.05, 0) is 64.2 Å². The van der Waals surface area contributed by atoms with Crippen molar-refractivity contribution in [3.05, 3.63) is 48.6 Å². The molecule has 12 unspecified atom stereocenters. The molecule has 2 fully saturated rings. The van der Waals surface area contributed by atoms with E-state index >= 15 is 0 Å². The van der Waals surface area contributed by atoms with Crippen molar-refractivity contribution in [2.24, 2.45) is 0 Å². The van der Waals surface area contributed by atoms with Crippen LogP contribution in [0.5, 0.6) is 0 Å². The van der Waals surface area contributed by atoms with E-state index < -0.39 is 86.8 Å². The van der Waals surface area contributed by atoms with Gasteiger partial charge >= 0.3 is 0 Å². The summed E-state index contributed by atoms with van der Waals surface area (Å²) >= 11 is 0. The second-order valence-electron chi connectivity index (χ2n) is 19.0. The Kier molecular flexibility index (Phi) is 37.0. The third-order valence-electron chi connectivity index (χ3n) is 13.0. The van der Waals surface area contributed by atoms with Crippen molar-refractivity contribution in [2.75, 3.05) is 19.8 Å². The predicted molar refractivity (Wildman–Crippen MR) is 267 cm³/mol. The van der Waals surface area contributed by atoms with Crippen molar-refractivity contribution in [1.29, 1.82) is 0 Å². The number of rotatable bonds is 41. The molecule has 14 heteroatoms. The van der Waals surface area contributed by atoms with Crippen LogP contribution >= 0.6 is 0 Å². The van der Waals surface area contributed by atoms with Gasteiger partial charge in [0.2, 0.25) is 5.91 Å². The number of aliphatic hydroxyl groups excluding tert-OH is 8.